The third-order valence-corrected chi connectivity index (χ3v) is 3.83. The normalized spacial score (nSPS) is 11.5. The van der Waals surface area contributed by atoms with Crippen molar-refractivity contribution in [2.45, 2.75) is 33.2 Å². The number of esters is 1. The zero-order valence-corrected chi connectivity index (χ0v) is 15.0. The molecule has 26 heavy (non-hydrogen) atoms. The van der Waals surface area contributed by atoms with Crippen LogP contribution in [0.3, 0.4) is 0 Å². The highest BCUT2D eigenvalue weighted by Crippen LogP contribution is 2.22. The number of ether oxygens (including phenoxy) is 1. The van der Waals surface area contributed by atoms with Gasteiger partial charge in [0.25, 0.3) is 11.8 Å². The molecule has 1 aromatic carbocycles. The lowest BCUT2D eigenvalue weighted by Crippen LogP contribution is -2.35. The molecule has 7 nitrogen and oxygen atoms in total. The third kappa shape index (κ3) is 4.95. The number of carbonyl (C=O) groups excluding carboxylic acids is 3. The largest absolute Gasteiger partial charge is 0.459 e. The van der Waals surface area contributed by atoms with Gasteiger partial charge in [0.1, 0.15) is 0 Å². The van der Waals surface area contributed by atoms with Crippen molar-refractivity contribution >= 4 is 23.5 Å². The van der Waals surface area contributed by atoms with E-state index < -0.39 is 11.9 Å². The molecule has 2 rings (SSSR count). The summed E-state index contributed by atoms with van der Waals surface area (Å²) in [5.74, 6) is -1.42. The third-order valence-electron chi connectivity index (χ3n) is 3.83. The topological polar surface area (TPSA) is 97.6 Å². The predicted octanol–water partition coefficient (Wildman–Crippen LogP) is 2.91. The molecule has 2 aromatic rings. The Labute approximate surface area is 151 Å². The van der Waals surface area contributed by atoms with E-state index >= 15 is 0 Å². The maximum Gasteiger partial charge on any atom is 0.340 e. The minimum Gasteiger partial charge on any atom is -0.459 e. The van der Waals surface area contributed by atoms with Crippen LogP contribution >= 0.6 is 0 Å². The van der Waals surface area contributed by atoms with Crippen LogP contribution in [0, 0.1) is 6.92 Å². The Morgan fingerprint density at radius 1 is 1.19 bits per heavy atom. The Bertz CT molecular complexity index is 783. The molecule has 0 saturated carbocycles. The van der Waals surface area contributed by atoms with Gasteiger partial charge in [-0.25, -0.2) is 4.79 Å². The summed E-state index contributed by atoms with van der Waals surface area (Å²) in [4.78, 5) is 36.3. The van der Waals surface area contributed by atoms with Crippen LogP contribution in [0.2, 0.25) is 0 Å². The summed E-state index contributed by atoms with van der Waals surface area (Å²) in [7, 11) is 0. The van der Waals surface area contributed by atoms with Gasteiger partial charge < -0.3 is 19.8 Å². The summed E-state index contributed by atoms with van der Waals surface area (Å²) < 4.78 is 10.1. The molecule has 0 aliphatic heterocycles. The van der Waals surface area contributed by atoms with Gasteiger partial charge in [0.05, 0.1) is 17.5 Å². The fourth-order valence-electron chi connectivity index (χ4n) is 2.21. The zero-order chi connectivity index (χ0) is 19.1. The zero-order valence-electron chi connectivity index (χ0n) is 15.0. The molecule has 0 unspecified atom stereocenters. The maximum absolute atomic E-state index is 12.4. The molecule has 1 aromatic heterocycles. The van der Waals surface area contributed by atoms with Crippen molar-refractivity contribution in [2.75, 3.05) is 11.9 Å². The van der Waals surface area contributed by atoms with Crippen LogP contribution in [0.5, 0.6) is 0 Å². The van der Waals surface area contributed by atoms with E-state index in [1.807, 2.05) is 13.8 Å². The Morgan fingerprint density at radius 2 is 1.96 bits per heavy atom. The van der Waals surface area contributed by atoms with Crippen LogP contribution in [0.4, 0.5) is 5.69 Å². The Morgan fingerprint density at radius 3 is 2.62 bits per heavy atom. The molecule has 0 aliphatic carbocycles. The van der Waals surface area contributed by atoms with E-state index in [-0.39, 0.29) is 29.9 Å². The number of hydrogen-bond acceptors (Lipinski definition) is 5. The molecule has 2 N–H and O–H groups in total. The highest BCUT2D eigenvalue weighted by Gasteiger charge is 2.19. The van der Waals surface area contributed by atoms with Crippen molar-refractivity contribution < 1.29 is 23.5 Å². The lowest BCUT2D eigenvalue weighted by molar-refractivity contribution is -0.124. The molecule has 0 bridgehead atoms. The smallest absolute Gasteiger partial charge is 0.340 e. The molecule has 0 radical (unpaired) electrons. The van der Waals surface area contributed by atoms with E-state index in [2.05, 4.69) is 10.6 Å². The van der Waals surface area contributed by atoms with Gasteiger partial charge in [0.15, 0.2) is 12.4 Å². The maximum atomic E-state index is 12.4. The van der Waals surface area contributed by atoms with Gasteiger partial charge in [-0.2, -0.15) is 0 Å². The van der Waals surface area contributed by atoms with Crippen molar-refractivity contribution in [3.05, 3.63) is 53.5 Å². The number of nitrogens with one attached hydrogen (secondary N) is 2. The minimum absolute atomic E-state index is 0.00307. The van der Waals surface area contributed by atoms with Crippen molar-refractivity contribution in [1.29, 1.82) is 0 Å². The number of carbonyl (C=O) groups is 3. The molecule has 138 valence electrons. The number of aryl methyl sites for hydroxylation is 1. The minimum atomic E-state index is -0.692. The predicted molar refractivity (Wildman–Crippen MR) is 96.0 cm³/mol. The molecule has 7 heteroatoms. The molecule has 1 atom stereocenters. The second-order valence-electron chi connectivity index (χ2n) is 5.88. The van der Waals surface area contributed by atoms with E-state index in [9.17, 15) is 14.4 Å². The average molecular weight is 358 g/mol. The number of hydrogen-bond donors (Lipinski definition) is 2. The molecule has 0 saturated heterocycles. The van der Waals surface area contributed by atoms with Gasteiger partial charge in [-0.15, -0.1) is 0 Å². The highest BCUT2D eigenvalue weighted by atomic mass is 16.5. The number of para-hydroxylation sites is 1. The number of benzene rings is 1. The van der Waals surface area contributed by atoms with Gasteiger partial charge in [0.2, 0.25) is 0 Å². The van der Waals surface area contributed by atoms with Crippen LogP contribution in [0.1, 0.15) is 46.7 Å². The molecule has 2 amide bonds. The van der Waals surface area contributed by atoms with E-state index in [4.69, 9.17) is 9.15 Å². The molecule has 0 spiro atoms. The first-order chi connectivity index (χ1) is 12.4. The lowest BCUT2D eigenvalue weighted by atomic mass is 10.1. The number of anilines is 1. The SMILES string of the molecule is CC[C@H](C)NC(=O)COC(=O)c1cccc(C)c1NC(=O)c1ccco1. The van der Waals surface area contributed by atoms with Crippen molar-refractivity contribution in [2.24, 2.45) is 0 Å². The summed E-state index contributed by atoms with van der Waals surface area (Å²) in [6.07, 6.45) is 2.17. The Hall–Kier alpha value is -3.09. The molecular weight excluding hydrogens is 336 g/mol. The average Bonchev–Trinajstić information content (AvgIpc) is 3.16. The van der Waals surface area contributed by atoms with E-state index in [0.717, 1.165) is 6.42 Å². The van der Waals surface area contributed by atoms with Crippen molar-refractivity contribution in [1.82, 2.24) is 5.32 Å². The quantitative estimate of drug-likeness (QED) is 0.742. The summed E-state index contributed by atoms with van der Waals surface area (Å²) in [6.45, 7) is 5.17. The number of amides is 2. The van der Waals surface area contributed by atoms with Crippen LogP contribution < -0.4 is 10.6 Å². The van der Waals surface area contributed by atoms with Crippen LogP contribution in [-0.4, -0.2) is 30.4 Å². The summed E-state index contributed by atoms with van der Waals surface area (Å²) in [5, 5.41) is 5.37. The van der Waals surface area contributed by atoms with Crippen LogP contribution in [-0.2, 0) is 9.53 Å². The number of rotatable bonds is 7. The van der Waals surface area contributed by atoms with E-state index in [1.54, 1.807) is 25.1 Å². The summed E-state index contributed by atoms with van der Waals surface area (Å²) in [6, 6.07) is 8.07. The fraction of sp³-hybridized carbons (Fsp3) is 0.316. The Kier molecular flexibility index (Phi) is 6.54. The van der Waals surface area contributed by atoms with E-state index in [0.29, 0.717) is 11.3 Å². The lowest BCUT2D eigenvalue weighted by Gasteiger charge is -2.14. The van der Waals surface area contributed by atoms with Crippen molar-refractivity contribution in [3.8, 4) is 0 Å². The summed E-state index contributed by atoms with van der Waals surface area (Å²) in [5.41, 5.74) is 1.17. The highest BCUT2D eigenvalue weighted by molar-refractivity contribution is 6.07. The van der Waals surface area contributed by atoms with Gasteiger partial charge in [-0.1, -0.05) is 19.1 Å². The molecule has 0 fully saturated rings. The summed E-state index contributed by atoms with van der Waals surface area (Å²) >= 11 is 0. The van der Waals surface area contributed by atoms with Gasteiger partial charge in [-0.05, 0) is 44.0 Å². The molecular formula is C19H22N2O5. The number of furan rings is 1. The molecule has 0 aliphatic rings. The first-order valence-electron chi connectivity index (χ1n) is 8.33. The first kappa shape index (κ1) is 19.2. The monoisotopic (exact) mass is 358 g/mol. The van der Waals surface area contributed by atoms with Gasteiger partial charge in [0, 0.05) is 6.04 Å². The van der Waals surface area contributed by atoms with Crippen LogP contribution in [0.15, 0.2) is 41.0 Å². The van der Waals surface area contributed by atoms with E-state index in [1.165, 1.54) is 18.4 Å². The van der Waals surface area contributed by atoms with Crippen LogP contribution in [0.25, 0.3) is 0 Å². The Balaban J connectivity index is 2.09. The van der Waals surface area contributed by atoms with Crippen molar-refractivity contribution in [3.63, 3.8) is 0 Å². The van der Waals surface area contributed by atoms with Gasteiger partial charge in [-0.3, -0.25) is 9.59 Å². The first-order valence-corrected chi connectivity index (χ1v) is 8.33. The molecule has 1 heterocycles. The second-order valence-corrected chi connectivity index (χ2v) is 5.88. The fourth-order valence-corrected chi connectivity index (χ4v) is 2.21. The standard InChI is InChI=1S/C19H22N2O5/c1-4-13(3)20-16(22)11-26-19(24)14-8-5-7-12(2)17(14)21-18(23)15-9-6-10-25-15/h5-10,13H,4,11H2,1-3H3,(H,20,22)(H,21,23)/t13-/m0/s1. The second kappa shape index (κ2) is 8.84. The van der Waals surface area contributed by atoms with Gasteiger partial charge >= 0.3 is 5.97 Å².